The minimum Gasteiger partial charge on any atom is -0.135 e. The number of thiol groups is 1. The smallest absolute Gasteiger partial charge is 0.0570 e. The highest BCUT2D eigenvalue weighted by atomic mass is 32.2. The fraction of sp³-hybridized carbons (Fsp3) is 0.600. The van der Waals surface area contributed by atoms with Crippen molar-refractivity contribution in [2.75, 3.05) is 0 Å². The molecule has 1 aromatic heterocycles. The molecule has 0 aromatic carbocycles. The Labute approximate surface area is 86.4 Å². The van der Waals surface area contributed by atoms with Crippen molar-refractivity contribution in [1.29, 1.82) is 0 Å². The topological polar surface area (TPSA) is 0 Å². The Hall–Kier alpha value is 0.0500. The molecular formula is C10H20S2. The summed E-state index contributed by atoms with van der Waals surface area (Å²) in [5.74, 6) is 0. The standard InChI is InChI=1S/C5H6S2.C3H8.C2H6/c1-4-2-3-5(6)7-4;1-3-2;1-2/h2-3,6H,1H3;3H2,1-2H3;1-2H3. The van der Waals surface area contributed by atoms with Gasteiger partial charge in [0.25, 0.3) is 0 Å². The SMILES string of the molecule is CC.CCC.Cc1ccc(S)s1. The largest absolute Gasteiger partial charge is 0.135 e. The molecule has 0 saturated carbocycles. The molecule has 0 nitrogen and oxygen atoms in total. The summed E-state index contributed by atoms with van der Waals surface area (Å²) >= 11 is 5.83. The van der Waals surface area contributed by atoms with E-state index in [2.05, 4.69) is 39.5 Å². The first-order chi connectivity index (χ1) is 5.70. The lowest BCUT2D eigenvalue weighted by Crippen LogP contribution is -1.43. The second-order valence-electron chi connectivity index (χ2n) is 2.09. The van der Waals surface area contributed by atoms with Gasteiger partial charge >= 0.3 is 0 Å². The Morgan fingerprint density at radius 1 is 1.25 bits per heavy atom. The molecule has 0 aliphatic rings. The summed E-state index contributed by atoms with van der Waals surface area (Å²) in [6, 6.07) is 4.07. The van der Waals surface area contributed by atoms with Gasteiger partial charge in [-0.05, 0) is 19.1 Å². The van der Waals surface area contributed by atoms with Gasteiger partial charge in [0, 0.05) is 4.88 Å². The lowest BCUT2D eigenvalue weighted by molar-refractivity contribution is 1.09. The average molecular weight is 204 g/mol. The van der Waals surface area contributed by atoms with Crippen LogP contribution in [0, 0.1) is 6.92 Å². The number of hydrogen-bond donors (Lipinski definition) is 1. The fourth-order valence-corrected chi connectivity index (χ4v) is 1.53. The van der Waals surface area contributed by atoms with Crippen LogP contribution in [0.25, 0.3) is 0 Å². The zero-order chi connectivity index (χ0) is 9.98. The molecule has 0 aliphatic heterocycles. The molecule has 1 rings (SSSR count). The maximum absolute atomic E-state index is 4.12. The van der Waals surface area contributed by atoms with Crippen LogP contribution < -0.4 is 0 Å². The van der Waals surface area contributed by atoms with E-state index in [1.807, 2.05) is 19.9 Å². The lowest BCUT2D eigenvalue weighted by Gasteiger charge is -1.70. The summed E-state index contributed by atoms with van der Waals surface area (Å²) in [7, 11) is 0. The summed E-state index contributed by atoms with van der Waals surface area (Å²) in [6.07, 6.45) is 1.25. The van der Waals surface area contributed by atoms with E-state index in [-0.39, 0.29) is 0 Å². The first-order valence-electron chi connectivity index (χ1n) is 4.46. The Kier molecular flexibility index (Phi) is 13.4. The molecule has 2 heteroatoms. The van der Waals surface area contributed by atoms with Crippen LogP contribution in [0.15, 0.2) is 16.3 Å². The predicted molar refractivity (Wildman–Crippen MR) is 63.6 cm³/mol. The highest BCUT2D eigenvalue weighted by Crippen LogP contribution is 2.17. The zero-order valence-corrected chi connectivity index (χ0v) is 10.4. The molecule has 0 bridgehead atoms. The molecule has 0 aliphatic carbocycles. The van der Waals surface area contributed by atoms with E-state index in [9.17, 15) is 0 Å². The van der Waals surface area contributed by atoms with Crippen LogP contribution in [0.2, 0.25) is 0 Å². The molecule has 1 heterocycles. The molecule has 0 radical (unpaired) electrons. The first-order valence-corrected chi connectivity index (χ1v) is 5.72. The van der Waals surface area contributed by atoms with E-state index in [1.54, 1.807) is 11.3 Å². The van der Waals surface area contributed by atoms with Crippen molar-refractivity contribution in [2.24, 2.45) is 0 Å². The van der Waals surface area contributed by atoms with Gasteiger partial charge in [-0.1, -0.05) is 34.1 Å². The van der Waals surface area contributed by atoms with Gasteiger partial charge in [0.05, 0.1) is 4.21 Å². The summed E-state index contributed by atoms with van der Waals surface area (Å²) in [6.45, 7) is 10.3. The van der Waals surface area contributed by atoms with Crippen molar-refractivity contribution in [3.63, 3.8) is 0 Å². The summed E-state index contributed by atoms with van der Waals surface area (Å²) in [5, 5.41) is 0. The van der Waals surface area contributed by atoms with Crippen molar-refractivity contribution in [1.82, 2.24) is 0 Å². The Balaban J connectivity index is 0. The van der Waals surface area contributed by atoms with E-state index in [0.29, 0.717) is 0 Å². The quantitative estimate of drug-likeness (QED) is 0.577. The average Bonchev–Trinajstić information content (AvgIpc) is 2.40. The van der Waals surface area contributed by atoms with Gasteiger partial charge in [-0.2, -0.15) is 0 Å². The number of thiophene rings is 1. The second kappa shape index (κ2) is 11.1. The number of aryl methyl sites for hydroxylation is 1. The minimum absolute atomic E-state index is 1.09. The van der Waals surface area contributed by atoms with Gasteiger partial charge in [0.1, 0.15) is 0 Å². The molecule has 12 heavy (non-hydrogen) atoms. The van der Waals surface area contributed by atoms with Crippen molar-refractivity contribution < 1.29 is 0 Å². The third-order valence-electron chi connectivity index (χ3n) is 0.726. The molecule has 0 amide bonds. The highest BCUT2D eigenvalue weighted by molar-refractivity contribution is 7.82. The van der Waals surface area contributed by atoms with Crippen molar-refractivity contribution in [3.05, 3.63) is 17.0 Å². The van der Waals surface area contributed by atoms with Crippen molar-refractivity contribution in [3.8, 4) is 0 Å². The Morgan fingerprint density at radius 3 is 1.75 bits per heavy atom. The maximum atomic E-state index is 4.12. The van der Waals surface area contributed by atoms with E-state index in [1.165, 1.54) is 11.3 Å². The van der Waals surface area contributed by atoms with Gasteiger partial charge < -0.3 is 0 Å². The second-order valence-corrected chi connectivity index (χ2v) is 4.16. The molecule has 0 atom stereocenters. The predicted octanol–water partition coefficient (Wildman–Crippen LogP) is 4.79. The number of rotatable bonds is 0. The lowest BCUT2D eigenvalue weighted by atomic mass is 10.5. The van der Waals surface area contributed by atoms with Gasteiger partial charge in [0.15, 0.2) is 0 Å². The van der Waals surface area contributed by atoms with Gasteiger partial charge in [-0.25, -0.2) is 0 Å². The van der Waals surface area contributed by atoms with Crippen LogP contribution >= 0.6 is 24.0 Å². The van der Waals surface area contributed by atoms with E-state index in [4.69, 9.17) is 0 Å². The molecule has 1 aromatic rings. The monoisotopic (exact) mass is 204 g/mol. The normalized spacial score (nSPS) is 7.50. The van der Waals surface area contributed by atoms with Crippen molar-refractivity contribution >= 4 is 24.0 Å². The Morgan fingerprint density at radius 2 is 1.67 bits per heavy atom. The zero-order valence-electron chi connectivity index (χ0n) is 8.72. The molecule has 0 fully saturated rings. The molecule has 0 saturated heterocycles. The third-order valence-corrected chi connectivity index (χ3v) is 1.95. The molecule has 0 spiro atoms. The summed E-state index contributed by atoms with van der Waals surface area (Å²) in [4.78, 5) is 1.32. The maximum Gasteiger partial charge on any atom is 0.0570 e. The van der Waals surface area contributed by atoms with Crippen LogP contribution in [0.5, 0.6) is 0 Å². The van der Waals surface area contributed by atoms with Crippen LogP contribution in [-0.2, 0) is 0 Å². The van der Waals surface area contributed by atoms with E-state index < -0.39 is 0 Å². The van der Waals surface area contributed by atoms with Crippen molar-refractivity contribution in [2.45, 2.75) is 45.2 Å². The van der Waals surface area contributed by atoms with E-state index >= 15 is 0 Å². The fourth-order valence-electron chi connectivity index (χ4n) is 0.422. The number of hydrogen-bond acceptors (Lipinski definition) is 2. The first kappa shape index (κ1) is 14.6. The van der Waals surface area contributed by atoms with Crippen LogP contribution in [0.4, 0.5) is 0 Å². The molecule has 0 N–H and O–H groups in total. The highest BCUT2D eigenvalue weighted by Gasteiger charge is 1.85. The van der Waals surface area contributed by atoms with Crippen LogP contribution in [-0.4, -0.2) is 0 Å². The molecule has 72 valence electrons. The third kappa shape index (κ3) is 10.0. The van der Waals surface area contributed by atoms with E-state index in [0.717, 1.165) is 4.21 Å². The molecule has 0 unspecified atom stereocenters. The minimum atomic E-state index is 1.09. The Bertz CT molecular complexity index is 152. The van der Waals surface area contributed by atoms with Gasteiger partial charge in [0.2, 0.25) is 0 Å². The van der Waals surface area contributed by atoms with Gasteiger partial charge in [-0.15, -0.1) is 24.0 Å². The van der Waals surface area contributed by atoms with Crippen LogP contribution in [0.3, 0.4) is 0 Å². The molecular weight excluding hydrogens is 184 g/mol. The summed E-state index contributed by atoms with van der Waals surface area (Å²) < 4.78 is 1.09. The van der Waals surface area contributed by atoms with Gasteiger partial charge in [-0.3, -0.25) is 0 Å². The summed E-state index contributed by atoms with van der Waals surface area (Å²) in [5.41, 5.74) is 0. The van der Waals surface area contributed by atoms with Crippen LogP contribution in [0.1, 0.15) is 39.0 Å².